The van der Waals surface area contributed by atoms with Crippen molar-refractivity contribution in [3.05, 3.63) is 11.8 Å². The van der Waals surface area contributed by atoms with Crippen molar-refractivity contribution in [1.82, 2.24) is 5.43 Å². The first-order chi connectivity index (χ1) is 6.38. The first kappa shape index (κ1) is 8.79. The van der Waals surface area contributed by atoms with Crippen molar-refractivity contribution in [2.75, 3.05) is 0 Å². The molecule has 1 aliphatic carbocycles. The van der Waals surface area contributed by atoms with E-state index in [1.807, 2.05) is 0 Å². The normalized spacial score (nSPS) is 28.8. The number of fused-ring (bicyclic) bond motifs is 1. The van der Waals surface area contributed by atoms with Crippen LogP contribution in [0.25, 0.3) is 0 Å². The summed E-state index contributed by atoms with van der Waals surface area (Å²) in [6.07, 6.45) is 10.2. The highest BCUT2D eigenvalue weighted by Crippen LogP contribution is 2.29. The van der Waals surface area contributed by atoms with Gasteiger partial charge in [-0.2, -0.15) is 5.10 Å². The zero-order valence-corrected chi connectivity index (χ0v) is 8.34. The van der Waals surface area contributed by atoms with Crippen LogP contribution in [-0.4, -0.2) is 5.71 Å². The Morgan fingerprint density at radius 1 is 1.31 bits per heavy atom. The van der Waals surface area contributed by atoms with Crippen LogP contribution in [-0.2, 0) is 0 Å². The molecule has 0 amide bonds. The topological polar surface area (TPSA) is 24.4 Å². The maximum absolute atomic E-state index is 4.28. The van der Waals surface area contributed by atoms with Crippen LogP contribution >= 0.6 is 0 Å². The molecule has 1 fully saturated rings. The van der Waals surface area contributed by atoms with Crippen molar-refractivity contribution in [3.63, 3.8) is 0 Å². The summed E-state index contributed by atoms with van der Waals surface area (Å²) in [5.74, 6) is 0.654. The van der Waals surface area contributed by atoms with Crippen LogP contribution in [0, 0.1) is 5.92 Å². The lowest BCUT2D eigenvalue weighted by atomic mass is 9.84. The molecule has 1 atom stereocenters. The number of hydrazone groups is 1. The van der Waals surface area contributed by atoms with Crippen molar-refractivity contribution < 1.29 is 0 Å². The van der Waals surface area contributed by atoms with Crippen LogP contribution in [0.15, 0.2) is 16.9 Å². The summed E-state index contributed by atoms with van der Waals surface area (Å²) in [5.41, 5.74) is 5.86. The van der Waals surface area contributed by atoms with Crippen molar-refractivity contribution in [3.8, 4) is 0 Å². The van der Waals surface area contributed by atoms with E-state index in [2.05, 4.69) is 23.7 Å². The molecule has 0 aromatic carbocycles. The SMILES string of the molecule is CC1=NNC=C2CCCCCCC21. The summed E-state index contributed by atoms with van der Waals surface area (Å²) >= 11 is 0. The van der Waals surface area contributed by atoms with E-state index in [-0.39, 0.29) is 0 Å². The largest absolute Gasteiger partial charge is 0.286 e. The van der Waals surface area contributed by atoms with Crippen LogP contribution in [0.1, 0.15) is 45.4 Å². The van der Waals surface area contributed by atoms with E-state index in [1.54, 1.807) is 5.57 Å². The monoisotopic (exact) mass is 178 g/mol. The summed E-state index contributed by atoms with van der Waals surface area (Å²) in [5, 5.41) is 4.28. The van der Waals surface area contributed by atoms with Crippen LogP contribution < -0.4 is 5.43 Å². The summed E-state index contributed by atoms with van der Waals surface area (Å²) in [6, 6.07) is 0. The van der Waals surface area contributed by atoms with Gasteiger partial charge in [-0.15, -0.1) is 0 Å². The third kappa shape index (κ3) is 1.93. The van der Waals surface area contributed by atoms with Gasteiger partial charge in [0.25, 0.3) is 0 Å². The fourth-order valence-electron chi connectivity index (χ4n) is 2.34. The van der Waals surface area contributed by atoms with Crippen molar-refractivity contribution in [1.29, 1.82) is 0 Å². The smallest absolute Gasteiger partial charge is 0.0423 e. The molecule has 1 saturated carbocycles. The Bertz CT molecular complexity index is 240. The van der Waals surface area contributed by atoms with E-state index in [1.165, 1.54) is 44.2 Å². The number of nitrogens with zero attached hydrogens (tertiary/aromatic N) is 1. The second-order valence-corrected chi connectivity index (χ2v) is 4.11. The predicted octanol–water partition coefficient (Wildman–Crippen LogP) is 2.82. The van der Waals surface area contributed by atoms with Gasteiger partial charge in [-0.3, -0.25) is 5.43 Å². The molecule has 2 rings (SSSR count). The van der Waals surface area contributed by atoms with Gasteiger partial charge in [0, 0.05) is 17.8 Å². The summed E-state index contributed by atoms with van der Waals surface area (Å²) in [7, 11) is 0. The summed E-state index contributed by atoms with van der Waals surface area (Å²) in [4.78, 5) is 0. The third-order valence-corrected chi connectivity index (χ3v) is 3.15. The highest BCUT2D eigenvalue weighted by atomic mass is 15.3. The molecule has 1 unspecified atom stereocenters. The minimum Gasteiger partial charge on any atom is -0.286 e. The molecule has 2 nitrogen and oxygen atoms in total. The Morgan fingerprint density at radius 2 is 2.15 bits per heavy atom. The Labute approximate surface area is 80.1 Å². The number of hydrogen-bond acceptors (Lipinski definition) is 2. The zero-order chi connectivity index (χ0) is 9.10. The van der Waals surface area contributed by atoms with E-state index < -0.39 is 0 Å². The molecule has 0 spiro atoms. The number of nitrogens with one attached hydrogen (secondary N) is 1. The summed E-state index contributed by atoms with van der Waals surface area (Å²) < 4.78 is 0. The van der Waals surface area contributed by atoms with E-state index in [4.69, 9.17) is 0 Å². The minimum atomic E-state index is 0.654. The summed E-state index contributed by atoms with van der Waals surface area (Å²) in [6.45, 7) is 2.15. The molecule has 0 saturated heterocycles. The first-order valence-corrected chi connectivity index (χ1v) is 5.36. The molecule has 0 aromatic heterocycles. The molecule has 72 valence electrons. The lowest BCUT2D eigenvalue weighted by Crippen LogP contribution is -2.23. The van der Waals surface area contributed by atoms with Gasteiger partial charge in [-0.25, -0.2) is 0 Å². The predicted molar refractivity (Wildman–Crippen MR) is 55.5 cm³/mol. The Kier molecular flexibility index (Phi) is 2.67. The Hall–Kier alpha value is -0.790. The molecule has 13 heavy (non-hydrogen) atoms. The maximum Gasteiger partial charge on any atom is 0.0423 e. The highest BCUT2D eigenvalue weighted by Gasteiger charge is 2.21. The van der Waals surface area contributed by atoms with Gasteiger partial charge in [0.2, 0.25) is 0 Å². The van der Waals surface area contributed by atoms with Gasteiger partial charge in [-0.1, -0.05) is 19.3 Å². The molecule has 0 bridgehead atoms. The average Bonchev–Trinajstić information content (AvgIpc) is 2.07. The molecule has 1 heterocycles. The van der Waals surface area contributed by atoms with Crippen LogP contribution in [0.2, 0.25) is 0 Å². The standard InChI is InChI=1S/C11H18N2/c1-9-11-7-5-3-2-4-6-10(11)8-12-13-9/h8,11-12H,2-7H2,1H3. The quantitative estimate of drug-likeness (QED) is 0.606. The van der Waals surface area contributed by atoms with Gasteiger partial charge in [-0.05, 0) is 31.8 Å². The lowest BCUT2D eigenvalue weighted by molar-refractivity contribution is 0.517. The van der Waals surface area contributed by atoms with Crippen LogP contribution in [0.5, 0.6) is 0 Å². The van der Waals surface area contributed by atoms with E-state index >= 15 is 0 Å². The second-order valence-electron chi connectivity index (χ2n) is 4.11. The fraction of sp³-hybridized carbons (Fsp3) is 0.727. The number of hydrogen-bond donors (Lipinski definition) is 1. The lowest BCUT2D eigenvalue weighted by Gasteiger charge is -2.25. The third-order valence-electron chi connectivity index (χ3n) is 3.15. The van der Waals surface area contributed by atoms with Gasteiger partial charge in [0.15, 0.2) is 0 Å². The van der Waals surface area contributed by atoms with E-state index in [0.29, 0.717) is 5.92 Å². The van der Waals surface area contributed by atoms with E-state index in [9.17, 15) is 0 Å². The molecule has 0 radical (unpaired) electrons. The Morgan fingerprint density at radius 3 is 3.08 bits per heavy atom. The van der Waals surface area contributed by atoms with Gasteiger partial charge in [0.05, 0.1) is 0 Å². The highest BCUT2D eigenvalue weighted by molar-refractivity contribution is 5.87. The first-order valence-electron chi connectivity index (χ1n) is 5.36. The van der Waals surface area contributed by atoms with Crippen molar-refractivity contribution in [2.24, 2.45) is 11.0 Å². The van der Waals surface area contributed by atoms with Crippen LogP contribution in [0.4, 0.5) is 0 Å². The van der Waals surface area contributed by atoms with Crippen molar-refractivity contribution >= 4 is 5.71 Å². The molecular weight excluding hydrogens is 160 g/mol. The second kappa shape index (κ2) is 3.95. The molecule has 2 aliphatic rings. The molecular formula is C11H18N2. The molecule has 0 aromatic rings. The molecule has 2 heteroatoms. The zero-order valence-electron chi connectivity index (χ0n) is 8.34. The van der Waals surface area contributed by atoms with Gasteiger partial charge in [0.1, 0.15) is 0 Å². The maximum atomic E-state index is 4.28. The molecule has 1 aliphatic heterocycles. The van der Waals surface area contributed by atoms with Gasteiger partial charge >= 0.3 is 0 Å². The van der Waals surface area contributed by atoms with Crippen LogP contribution in [0.3, 0.4) is 0 Å². The molecule has 1 N–H and O–H groups in total. The number of rotatable bonds is 0. The average molecular weight is 178 g/mol. The van der Waals surface area contributed by atoms with E-state index in [0.717, 1.165) is 0 Å². The fourth-order valence-corrected chi connectivity index (χ4v) is 2.34. The van der Waals surface area contributed by atoms with Gasteiger partial charge < -0.3 is 0 Å². The Balaban J connectivity index is 2.10. The minimum absolute atomic E-state index is 0.654. The van der Waals surface area contributed by atoms with Crippen molar-refractivity contribution in [2.45, 2.75) is 45.4 Å². The number of allylic oxidation sites excluding steroid dienone is 1.